The number of thioether (sulfide) groups is 2. The van der Waals surface area contributed by atoms with Crippen molar-refractivity contribution in [2.24, 2.45) is 7.05 Å². The first-order valence-corrected chi connectivity index (χ1v) is 11.2. The SMILES string of the molecule is Cn1nnnc1SCC1=C(C(=O)O)N2C(=O)C(NC(=O)C(O)c3ccccc3)[C@H]2SC1.[Na+]. The Morgan fingerprint density at radius 3 is 2.69 bits per heavy atom. The van der Waals surface area contributed by atoms with Gasteiger partial charge in [-0.05, 0) is 21.6 Å². The van der Waals surface area contributed by atoms with E-state index in [-0.39, 0.29) is 35.3 Å². The van der Waals surface area contributed by atoms with Gasteiger partial charge >= 0.3 is 35.5 Å². The summed E-state index contributed by atoms with van der Waals surface area (Å²) in [5, 5.41) is 33.6. The van der Waals surface area contributed by atoms with E-state index in [9.17, 15) is 24.6 Å². The summed E-state index contributed by atoms with van der Waals surface area (Å²) < 4.78 is 1.48. The van der Waals surface area contributed by atoms with Gasteiger partial charge in [0.1, 0.15) is 17.1 Å². The van der Waals surface area contributed by atoms with E-state index in [0.29, 0.717) is 27.8 Å². The Kier molecular flexibility index (Phi) is 8.01. The second-order valence-corrected chi connectivity index (χ2v) is 8.89. The largest absolute Gasteiger partial charge is 1.00 e. The van der Waals surface area contributed by atoms with E-state index in [0.717, 1.165) is 0 Å². The molecule has 2 unspecified atom stereocenters. The van der Waals surface area contributed by atoms with Crippen molar-refractivity contribution in [3.63, 3.8) is 0 Å². The molecule has 1 saturated heterocycles. The predicted molar refractivity (Wildman–Crippen MR) is 111 cm³/mol. The molecule has 2 aliphatic heterocycles. The molecule has 0 aliphatic carbocycles. The number of amides is 2. The molecule has 11 nitrogen and oxygen atoms in total. The zero-order valence-corrected chi connectivity index (χ0v) is 20.8. The van der Waals surface area contributed by atoms with Crippen molar-refractivity contribution in [2.45, 2.75) is 22.7 Å². The number of β-lactam (4-membered cyclic amide) rings is 1. The number of nitrogens with one attached hydrogen (secondary N) is 1. The molecule has 3 N–H and O–H groups in total. The van der Waals surface area contributed by atoms with Crippen molar-refractivity contribution in [3.8, 4) is 0 Å². The molecule has 0 radical (unpaired) electrons. The molecule has 1 fully saturated rings. The zero-order chi connectivity index (χ0) is 22.1. The molecule has 0 spiro atoms. The molecule has 3 atom stereocenters. The monoisotopic (exact) mass is 485 g/mol. The standard InChI is InChI=1S/C18H18N6O5S2.Na/c1-23-18(20-21-22-23)31-8-10-7-30-16-11(15(27)24(16)12(10)17(28)29)19-14(26)13(25)9-5-3-2-4-6-9;/h2-6,11,13,16,25H,7-8H2,1H3,(H,19,26)(H,28,29);/q;+1/t11?,13?,16-;/m1./s1. The van der Waals surface area contributed by atoms with Crippen LogP contribution in [0.5, 0.6) is 0 Å². The number of fused-ring (bicyclic) bond motifs is 1. The number of hydrogen-bond acceptors (Lipinski definition) is 9. The number of carboxylic acids is 1. The number of aryl methyl sites for hydroxylation is 1. The summed E-state index contributed by atoms with van der Waals surface area (Å²) in [7, 11) is 1.68. The zero-order valence-electron chi connectivity index (χ0n) is 17.2. The van der Waals surface area contributed by atoms with E-state index in [4.69, 9.17) is 0 Å². The molecular weight excluding hydrogens is 467 g/mol. The topological polar surface area (TPSA) is 151 Å². The predicted octanol–water partition coefficient (Wildman–Crippen LogP) is -3.22. The number of aliphatic hydroxyl groups is 1. The minimum Gasteiger partial charge on any atom is -0.477 e. The number of rotatable bonds is 7. The van der Waals surface area contributed by atoms with Crippen LogP contribution < -0.4 is 34.9 Å². The van der Waals surface area contributed by atoms with Crippen LogP contribution in [0.1, 0.15) is 11.7 Å². The fourth-order valence-electron chi connectivity index (χ4n) is 3.31. The summed E-state index contributed by atoms with van der Waals surface area (Å²) in [6.45, 7) is 0. The van der Waals surface area contributed by atoms with Gasteiger partial charge in [0.15, 0.2) is 6.10 Å². The van der Waals surface area contributed by atoms with Crippen molar-refractivity contribution in [1.29, 1.82) is 0 Å². The van der Waals surface area contributed by atoms with Gasteiger partial charge in [-0.3, -0.25) is 14.5 Å². The number of carboxylic acid groups (broad SMARTS) is 1. The number of carbonyl (C=O) groups excluding carboxylic acids is 2. The van der Waals surface area contributed by atoms with E-state index in [1.165, 1.54) is 33.1 Å². The van der Waals surface area contributed by atoms with Crippen LogP contribution in [0.3, 0.4) is 0 Å². The number of aliphatic carboxylic acids is 1. The van der Waals surface area contributed by atoms with E-state index in [1.807, 2.05) is 0 Å². The first kappa shape index (κ1) is 24.7. The summed E-state index contributed by atoms with van der Waals surface area (Å²) in [6, 6.07) is 7.46. The number of aliphatic hydroxyl groups excluding tert-OH is 1. The van der Waals surface area contributed by atoms with Crippen molar-refractivity contribution in [1.82, 2.24) is 30.4 Å². The second-order valence-electron chi connectivity index (χ2n) is 6.84. The van der Waals surface area contributed by atoms with E-state index < -0.39 is 35.3 Å². The average Bonchev–Trinajstić information content (AvgIpc) is 3.19. The number of hydrogen-bond donors (Lipinski definition) is 3. The Morgan fingerprint density at radius 2 is 2.06 bits per heavy atom. The molecule has 162 valence electrons. The molecule has 14 heteroatoms. The third kappa shape index (κ3) is 4.72. The normalized spacial score (nSPS) is 20.7. The smallest absolute Gasteiger partial charge is 0.477 e. The van der Waals surface area contributed by atoms with Crippen LogP contribution in [0.2, 0.25) is 0 Å². The van der Waals surface area contributed by atoms with Crippen LogP contribution in [0.4, 0.5) is 0 Å². The van der Waals surface area contributed by atoms with Crippen LogP contribution in [0.15, 0.2) is 46.8 Å². The van der Waals surface area contributed by atoms with Gasteiger partial charge < -0.3 is 15.5 Å². The van der Waals surface area contributed by atoms with Gasteiger partial charge in [-0.25, -0.2) is 9.48 Å². The summed E-state index contributed by atoms with van der Waals surface area (Å²) in [4.78, 5) is 38.2. The molecule has 1 aromatic heterocycles. The van der Waals surface area contributed by atoms with Gasteiger partial charge in [-0.15, -0.1) is 16.9 Å². The molecule has 2 aliphatic rings. The fourth-order valence-corrected chi connectivity index (χ4v) is 5.64. The molecule has 0 saturated carbocycles. The Morgan fingerprint density at radius 1 is 1.34 bits per heavy atom. The molecular formula is C18H18N6NaO5S2+. The van der Waals surface area contributed by atoms with Crippen LogP contribution in [0.25, 0.3) is 0 Å². The summed E-state index contributed by atoms with van der Waals surface area (Å²) in [6.07, 6.45) is -1.42. The first-order chi connectivity index (χ1) is 14.9. The van der Waals surface area contributed by atoms with Crippen LogP contribution >= 0.6 is 23.5 Å². The molecule has 1 aromatic carbocycles. The Hall–Kier alpha value is -1.90. The van der Waals surface area contributed by atoms with E-state index in [1.54, 1.807) is 37.4 Å². The van der Waals surface area contributed by atoms with E-state index in [2.05, 4.69) is 20.8 Å². The third-order valence-electron chi connectivity index (χ3n) is 4.87. The molecule has 4 rings (SSSR count). The fraction of sp³-hybridized carbons (Fsp3) is 0.333. The quantitative estimate of drug-likeness (QED) is 0.208. The minimum absolute atomic E-state index is 0. The van der Waals surface area contributed by atoms with Gasteiger partial charge in [0.2, 0.25) is 5.16 Å². The second kappa shape index (κ2) is 10.4. The summed E-state index contributed by atoms with van der Waals surface area (Å²) in [5.41, 5.74) is 0.901. The number of aromatic nitrogens is 4. The Balaban J connectivity index is 0.00000289. The van der Waals surface area contributed by atoms with Gasteiger partial charge in [0.25, 0.3) is 11.8 Å². The summed E-state index contributed by atoms with van der Waals surface area (Å²) in [5.74, 6) is -1.75. The molecule has 2 amide bonds. The van der Waals surface area contributed by atoms with Crippen molar-refractivity contribution in [2.75, 3.05) is 11.5 Å². The molecule has 3 heterocycles. The van der Waals surface area contributed by atoms with Crippen molar-refractivity contribution < 1.29 is 54.2 Å². The number of nitrogens with zero attached hydrogens (tertiary/aromatic N) is 5. The van der Waals surface area contributed by atoms with Crippen LogP contribution in [-0.2, 0) is 21.4 Å². The Bertz CT molecular complexity index is 1070. The molecule has 0 bridgehead atoms. The van der Waals surface area contributed by atoms with E-state index >= 15 is 0 Å². The number of tetrazole rings is 1. The van der Waals surface area contributed by atoms with Crippen molar-refractivity contribution >= 4 is 41.3 Å². The third-order valence-corrected chi connectivity index (χ3v) is 7.30. The van der Waals surface area contributed by atoms with Gasteiger partial charge in [-0.2, -0.15) is 0 Å². The van der Waals surface area contributed by atoms with Crippen molar-refractivity contribution in [3.05, 3.63) is 47.2 Å². The van der Waals surface area contributed by atoms with Crippen LogP contribution in [-0.4, -0.2) is 76.0 Å². The first-order valence-electron chi connectivity index (χ1n) is 9.17. The molecule has 2 aromatic rings. The molecule has 32 heavy (non-hydrogen) atoms. The minimum atomic E-state index is -1.42. The number of benzene rings is 1. The maximum atomic E-state index is 12.7. The summed E-state index contributed by atoms with van der Waals surface area (Å²) >= 11 is 2.64. The maximum absolute atomic E-state index is 12.7. The van der Waals surface area contributed by atoms with Gasteiger partial charge in [0, 0.05) is 18.6 Å². The van der Waals surface area contributed by atoms with Gasteiger partial charge in [0.05, 0.1) is 0 Å². The Labute approximate surface area is 213 Å². The maximum Gasteiger partial charge on any atom is 1.00 e. The van der Waals surface area contributed by atoms with Gasteiger partial charge in [-0.1, -0.05) is 42.1 Å². The van der Waals surface area contributed by atoms with Crippen LogP contribution in [0, 0.1) is 0 Å². The number of carbonyl (C=O) groups is 3. The average molecular weight is 486 g/mol.